The Kier molecular flexibility index (Phi) is 10.6. The van der Waals surface area contributed by atoms with Gasteiger partial charge >= 0.3 is 0 Å². The fraction of sp³-hybridized carbons (Fsp3) is 0.316. The molecule has 12 heteroatoms. The smallest absolute Gasteiger partial charge is 0.263 e. The Morgan fingerprint density at radius 3 is 2.45 bits per heavy atom. The molecule has 0 aliphatic carbocycles. The molecular weight excluding hydrogens is 442 g/mol. The number of hydrogen-bond donors (Lipinski definition) is 4. The number of hydrogen-bond acceptors (Lipinski definition) is 7. The van der Waals surface area contributed by atoms with E-state index in [4.69, 9.17) is 5.84 Å². The van der Waals surface area contributed by atoms with E-state index in [0.29, 0.717) is 28.5 Å². The summed E-state index contributed by atoms with van der Waals surface area (Å²) in [4.78, 5) is 46.0. The number of aliphatic imine (C=N–C) groups is 1. The zero-order valence-electron chi connectivity index (χ0n) is 17.5. The second-order valence-electron chi connectivity index (χ2n) is 6.54. The van der Waals surface area contributed by atoms with Crippen LogP contribution in [-0.4, -0.2) is 54.6 Å². The van der Waals surface area contributed by atoms with Gasteiger partial charge in [-0.25, -0.2) is 15.8 Å². The van der Waals surface area contributed by atoms with E-state index in [-0.39, 0.29) is 30.8 Å². The maximum Gasteiger partial charge on any atom is 0.263 e. The Balaban J connectivity index is 0.00000480. The highest BCUT2D eigenvalue weighted by molar-refractivity contribution is 7.17. The number of nitrogens with two attached hydrogens (primary N) is 1. The van der Waals surface area contributed by atoms with E-state index in [1.807, 2.05) is 24.3 Å². The van der Waals surface area contributed by atoms with Gasteiger partial charge in [0, 0.05) is 21.0 Å². The van der Waals surface area contributed by atoms with E-state index < -0.39 is 5.91 Å². The maximum absolute atomic E-state index is 12.6. The van der Waals surface area contributed by atoms with E-state index in [9.17, 15) is 14.4 Å². The van der Waals surface area contributed by atoms with E-state index in [1.54, 1.807) is 14.1 Å². The van der Waals surface area contributed by atoms with Crippen LogP contribution in [0.5, 0.6) is 0 Å². The number of nitrogens with one attached hydrogen (secondary N) is 3. The van der Waals surface area contributed by atoms with Crippen LogP contribution in [0.4, 0.5) is 10.8 Å². The molecule has 1 heterocycles. The lowest BCUT2D eigenvalue weighted by atomic mass is 10.1. The van der Waals surface area contributed by atoms with Gasteiger partial charge in [0.05, 0.1) is 17.9 Å². The van der Waals surface area contributed by atoms with Gasteiger partial charge in [-0.2, -0.15) is 0 Å². The van der Waals surface area contributed by atoms with Crippen molar-refractivity contribution >= 4 is 58.6 Å². The lowest BCUT2D eigenvalue weighted by Crippen LogP contribution is -2.36. The first-order valence-electron chi connectivity index (χ1n) is 9.13. The van der Waals surface area contributed by atoms with Gasteiger partial charge in [0.25, 0.3) is 5.91 Å². The third kappa shape index (κ3) is 8.32. The molecule has 0 aliphatic rings. The van der Waals surface area contributed by atoms with Crippen molar-refractivity contribution in [3.05, 3.63) is 40.4 Å². The molecule has 0 atom stereocenters. The number of halogens is 1. The first kappa shape index (κ1) is 26.0. The number of amides is 3. The minimum absolute atomic E-state index is 0. The summed E-state index contributed by atoms with van der Waals surface area (Å²) in [5, 5.41) is 5.57. The van der Waals surface area contributed by atoms with Gasteiger partial charge < -0.3 is 21.0 Å². The predicted octanol–water partition coefficient (Wildman–Crippen LogP) is 1.25. The average molecular weight is 468 g/mol. The Bertz CT molecular complexity index is 929. The zero-order valence-corrected chi connectivity index (χ0v) is 19.1. The number of anilines is 1. The van der Waals surface area contributed by atoms with Crippen LogP contribution in [0.3, 0.4) is 0 Å². The van der Waals surface area contributed by atoms with Crippen LogP contribution < -0.4 is 21.9 Å². The summed E-state index contributed by atoms with van der Waals surface area (Å²) in [6.07, 6.45) is 2.52. The summed E-state index contributed by atoms with van der Waals surface area (Å²) in [5.41, 5.74) is 4.70. The van der Waals surface area contributed by atoms with Gasteiger partial charge in [-0.1, -0.05) is 23.5 Å². The summed E-state index contributed by atoms with van der Waals surface area (Å²) < 4.78 is 0. The first-order valence-corrected chi connectivity index (χ1v) is 9.95. The number of aromatic nitrogens is 1. The van der Waals surface area contributed by atoms with Crippen molar-refractivity contribution in [2.45, 2.75) is 19.8 Å². The van der Waals surface area contributed by atoms with Crippen molar-refractivity contribution < 1.29 is 14.4 Å². The number of likely N-dealkylation sites (N-methyl/N-ethyl adjacent to an activating group) is 1. The molecule has 0 radical (unpaired) electrons. The maximum atomic E-state index is 12.6. The molecule has 0 spiro atoms. The highest BCUT2D eigenvalue weighted by Crippen LogP contribution is 2.25. The van der Waals surface area contributed by atoms with Gasteiger partial charge in [0.15, 0.2) is 5.13 Å². The number of nitrogens with zero attached hydrogens (tertiary/aromatic N) is 3. The molecule has 3 amide bonds. The fourth-order valence-electron chi connectivity index (χ4n) is 2.42. The topological polar surface area (TPSA) is 142 Å². The normalized spacial score (nSPS) is 10.3. The van der Waals surface area contributed by atoms with E-state index >= 15 is 0 Å². The van der Waals surface area contributed by atoms with Crippen molar-refractivity contribution in [2.75, 3.05) is 26.0 Å². The highest BCUT2D eigenvalue weighted by Gasteiger charge is 2.19. The van der Waals surface area contributed by atoms with Crippen LogP contribution in [0.25, 0.3) is 0 Å². The lowest BCUT2D eigenvalue weighted by molar-refractivity contribution is -0.127. The molecule has 0 unspecified atom stereocenters. The second-order valence-corrected chi connectivity index (χ2v) is 7.54. The molecule has 2 rings (SSSR count). The third-order valence-electron chi connectivity index (χ3n) is 3.96. The standard InChI is InChI=1S/C19H25N7O3S.ClH/c1-12(27)24-19-25-15(17(30-19)18(29)21-10-16(28)26(2)3)9-6-13-4-7-14(8-5-13)22-11-23-20;/h4-5,7-8,11H,6,9-10,20H2,1-3H3,(H,21,29)(H,22,23)(H,24,25,27);1H. The zero-order chi connectivity index (χ0) is 22.1. The molecule has 1 aromatic heterocycles. The molecule has 0 fully saturated rings. The molecule has 1 aromatic carbocycles. The van der Waals surface area contributed by atoms with Crippen molar-refractivity contribution in [3.63, 3.8) is 0 Å². The number of thiazole rings is 1. The van der Waals surface area contributed by atoms with Crippen LogP contribution >= 0.6 is 23.7 Å². The predicted molar refractivity (Wildman–Crippen MR) is 124 cm³/mol. The minimum Gasteiger partial charge on any atom is -0.347 e. The van der Waals surface area contributed by atoms with E-state index in [1.165, 1.54) is 18.2 Å². The van der Waals surface area contributed by atoms with Crippen molar-refractivity contribution in [1.82, 2.24) is 20.6 Å². The molecule has 5 N–H and O–H groups in total. The Morgan fingerprint density at radius 1 is 1.19 bits per heavy atom. The molecule has 168 valence electrons. The van der Waals surface area contributed by atoms with Gasteiger partial charge in [-0.15, -0.1) is 12.4 Å². The largest absolute Gasteiger partial charge is 0.347 e. The van der Waals surface area contributed by atoms with E-state index in [2.05, 4.69) is 26.0 Å². The van der Waals surface area contributed by atoms with Crippen LogP contribution in [0, 0.1) is 0 Å². The molecule has 31 heavy (non-hydrogen) atoms. The summed E-state index contributed by atoms with van der Waals surface area (Å²) in [6.45, 7) is 1.26. The highest BCUT2D eigenvalue weighted by atomic mass is 35.5. The van der Waals surface area contributed by atoms with Crippen molar-refractivity contribution in [1.29, 1.82) is 0 Å². The Hall–Kier alpha value is -3.02. The van der Waals surface area contributed by atoms with Gasteiger partial charge in [0.2, 0.25) is 11.8 Å². The molecular formula is C19H26ClN7O3S. The Morgan fingerprint density at radius 2 is 1.87 bits per heavy atom. The Labute approximate surface area is 190 Å². The SMILES string of the molecule is CC(=O)Nc1nc(CCc2ccc(N=CNN)cc2)c(C(=O)NCC(=O)N(C)C)s1.Cl. The number of aryl methyl sites for hydroxylation is 2. The first-order chi connectivity index (χ1) is 14.3. The number of carbonyl (C=O) groups is 3. The fourth-order valence-corrected chi connectivity index (χ4v) is 3.39. The molecule has 0 aliphatic heterocycles. The van der Waals surface area contributed by atoms with Gasteiger partial charge in [-0.3, -0.25) is 14.4 Å². The summed E-state index contributed by atoms with van der Waals surface area (Å²) in [5.74, 6) is 4.27. The second kappa shape index (κ2) is 12.6. The van der Waals surface area contributed by atoms with Crippen LogP contribution in [0.15, 0.2) is 29.3 Å². The van der Waals surface area contributed by atoms with Gasteiger partial charge in [-0.05, 0) is 30.5 Å². The van der Waals surface area contributed by atoms with Crippen LogP contribution in [-0.2, 0) is 22.4 Å². The third-order valence-corrected chi connectivity index (χ3v) is 4.97. The average Bonchev–Trinajstić information content (AvgIpc) is 3.11. The monoisotopic (exact) mass is 467 g/mol. The number of hydrazine groups is 1. The molecule has 2 aromatic rings. The van der Waals surface area contributed by atoms with Crippen molar-refractivity contribution in [3.8, 4) is 0 Å². The summed E-state index contributed by atoms with van der Waals surface area (Å²) in [6, 6.07) is 7.57. The molecule has 0 saturated carbocycles. The van der Waals surface area contributed by atoms with Crippen LogP contribution in [0.1, 0.15) is 27.9 Å². The minimum atomic E-state index is -0.395. The summed E-state index contributed by atoms with van der Waals surface area (Å²) in [7, 11) is 3.23. The van der Waals surface area contributed by atoms with Crippen LogP contribution in [0.2, 0.25) is 0 Å². The number of benzene rings is 1. The van der Waals surface area contributed by atoms with Crippen molar-refractivity contribution in [2.24, 2.45) is 10.8 Å². The quantitative estimate of drug-likeness (QED) is 0.189. The van der Waals surface area contributed by atoms with Gasteiger partial charge in [0.1, 0.15) is 11.2 Å². The molecule has 0 bridgehead atoms. The van der Waals surface area contributed by atoms with E-state index in [0.717, 1.165) is 22.6 Å². The number of carbonyl (C=O) groups excluding carboxylic acids is 3. The number of rotatable bonds is 9. The summed E-state index contributed by atoms with van der Waals surface area (Å²) >= 11 is 1.08. The molecule has 0 saturated heterocycles. The lowest BCUT2D eigenvalue weighted by Gasteiger charge is -2.10. The molecule has 10 nitrogen and oxygen atoms in total.